The van der Waals surface area contributed by atoms with Crippen LogP contribution in [0.3, 0.4) is 0 Å². The fourth-order valence-electron chi connectivity index (χ4n) is 1.33. The van der Waals surface area contributed by atoms with E-state index >= 15 is 0 Å². The van der Waals surface area contributed by atoms with Gasteiger partial charge in [-0.3, -0.25) is 4.90 Å². The van der Waals surface area contributed by atoms with Gasteiger partial charge in [0.2, 0.25) is 0 Å². The van der Waals surface area contributed by atoms with Gasteiger partial charge in [0.15, 0.2) is 8.32 Å². The lowest BCUT2D eigenvalue weighted by Gasteiger charge is -2.35. The van der Waals surface area contributed by atoms with Crippen LogP contribution in [0.25, 0.3) is 0 Å². The fraction of sp³-hybridized carbons (Fsp3) is 0.857. The predicted octanol–water partition coefficient (Wildman–Crippen LogP) is 2.85. The normalized spacial score (nSPS) is 13.8. The van der Waals surface area contributed by atoms with E-state index in [4.69, 9.17) is 10.2 Å². The topological polar surface area (TPSA) is 38.5 Å². The average molecular weight is 273 g/mol. The van der Waals surface area contributed by atoms with Gasteiger partial charge in [0.05, 0.1) is 6.61 Å². The molecule has 4 heteroatoms. The summed E-state index contributed by atoms with van der Waals surface area (Å²) in [6, 6.07) is 0. The second-order valence-electron chi connectivity index (χ2n) is 6.22. The second-order valence-corrected chi connectivity index (χ2v) is 11.0. The Balaban J connectivity index is 3.97. The summed E-state index contributed by atoms with van der Waals surface area (Å²) in [5.74, 6) is 0. The molecule has 0 heterocycles. The molecule has 0 atom stereocenters. The molecule has 18 heavy (non-hydrogen) atoms. The Bertz CT molecular complexity index is 247. The summed E-state index contributed by atoms with van der Waals surface area (Å²) in [5, 5.41) is 0.288. The van der Waals surface area contributed by atoms with Gasteiger partial charge in [-0.05, 0) is 24.7 Å². The Morgan fingerprint density at radius 2 is 1.83 bits per heavy atom. The van der Waals surface area contributed by atoms with Crippen LogP contribution in [0.2, 0.25) is 18.1 Å². The number of nitrogens with zero attached hydrogens (tertiary/aromatic N) is 1. The zero-order valence-corrected chi connectivity index (χ0v) is 14.1. The van der Waals surface area contributed by atoms with Crippen molar-refractivity contribution in [2.24, 2.45) is 5.73 Å². The van der Waals surface area contributed by atoms with Crippen molar-refractivity contribution >= 4 is 8.32 Å². The Morgan fingerprint density at radius 3 is 2.28 bits per heavy atom. The Hall–Kier alpha value is -0.163. The van der Waals surface area contributed by atoms with Crippen molar-refractivity contribution in [3.63, 3.8) is 0 Å². The summed E-state index contributed by atoms with van der Waals surface area (Å²) >= 11 is 0. The average Bonchev–Trinajstić information content (AvgIpc) is 2.25. The molecule has 0 aliphatic heterocycles. The monoisotopic (exact) mass is 272 g/mol. The number of hydrogen-bond donors (Lipinski definition) is 1. The highest BCUT2D eigenvalue weighted by Gasteiger charge is 2.36. The van der Waals surface area contributed by atoms with Crippen LogP contribution >= 0.6 is 0 Å². The van der Waals surface area contributed by atoms with E-state index in [9.17, 15) is 0 Å². The molecule has 108 valence electrons. The Morgan fingerprint density at radius 1 is 1.22 bits per heavy atom. The lowest BCUT2D eigenvalue weighted by atomic mass is 10.2. The summed E-state index contributed by atoms with van der Waals surface area (Å²) in [5.41, 5.74) is 5.56. The molecule has 2 N–H and O–H groups in total. The van der Waals surface area contributed by atoms with Gasteiger partial charge in [0.1, 0.15) is 0 Å². The smallest absolute Gasteiger partial charge is 0.192 e. The van der Waals surface area contributed by atoms with Gasteiger partial charge in [-0.2, -0.15) is 0 Å². The van der Waals surface area contributed by atoms with Crippen LogP contribution in [0.15, 0.2) is 12.2 Å². The van der Waals surface area contributed by atoms with E-state index in [1.807, 2.05) is 0 Å². The lowest BCUT2D eigenvalue weighted by molar-refractivity contribution is 0.318. The third kappa shape index (κ3) is 6.68. The molecule has 0 aromatic rings. The van der Waals surface area contributed by atoms with E-state index < -0.39 is 8.32 Å². The molecular weight excluding hydrogens is 240 g/mol. The molecule has 0 saturated carbocycles. The van der Waals surface area contributed by atoms with Gasteiger partial charge in [0, 0.05) is 19.6 Å². The molecular formula is C14H32N2OSi. The van der Waals surface area contributed by atoms with Gasteiger partial charge in [-0.25, -0.2) is 0 Å². The highest BCUT2D eigenvalue weighted by atomic mass is 28.4. The molecule has 0 fully saturated rings. The minimum Gasteiger partial charge on any atom is -0.413 e. The van der Waals surface area contributed by atoms with E-state index in [-0.39, 0.29) is 5.04 Å². The van der Waals surface area contributed by atoms with Crippen LogP contribution in [-0.4, -0.2) is 46.0 Å². The summed E-state index contributed by atoms with van der Waals surface area (Å²) in [7, 11) is -1.59. The van der Waals surface area contributed by atoms with Crippen LogP contribution in [0, 0.1) is 0 Å². The first-order chi connectivity index (χ1) is 8.24. The molecule has 0 spiro atoms. The Labute approximate surface area is 115 Å². The number of hydrogen-bond acceptors (Lipinski definition) is 3. The van der Waals surface area contributed by atoms with Crippen molar-refractivity contribution < 1.29 is 4.43 Å². The van der Waals surface area contributed by atoms with Crippen molar-refractivity contribution in [2.75, 3.05) is 32.8 Å². The van der Waals surface area contributed by atoms with Crippen molar-refractivity contribution in [3.05, 3.63) is 12.2 Å². The minimum absolute atomic E-state index is 0.288. The van der Waals surface area contributed by atoms with Crippen molar-refractivity contribution in [2.45, 2.75) is 45.8 Å². The van der Waals surface area contributed by atoms with E-state index in [1.165, 1.54) is 0 Å². The number of nitrogens with two attached hydrogens (primary N) is 1. The van der Waals surface area contributed by atoms with Crippen LogP contribution in [0.1, 0.15) is 27.7 Å². The highest BCUT2D eigenvalue weighted by Crippen LogP contribution is 2.36. The van der Waals surface area contributed by atoms with Crippen LogP contribution in [0.4, 0.5) is 0 Å². The fourth-order valence-corrected chi connectivity index (χ4v) is 2.27. The largest absolute Gasteiger partial charge is 0.413 e. The first-order valence-corrected chi connectivity index (χ1v) is 9.86. The van der Waals surface area contributed by atoms with Crippen molar-refractivity contribution in [1.29, 1.82) is 0 Å². The molecule has 0 bridgehead atoms. The van der Waals surface area contributed by atoms with Crippen LogP contribution in [0.5, 0.6) is 0 Å². The number of likely N-dealkylation sites (N-methyl/N-ethyl adjacent to an activating group) is 1. The maximum Gasteiger partial charge on any atom is 0.192 e. The SMILES string of the molecule is CCN(C/C=C/CO[Si](C)(C)C(C)(C)C)CCN. The summed E-state index contributed by atoms with van der Waals surface area (Å²) < 4.78 is 6.08. The first-order valence-electron chi connectivity index (χ1n) is 6.96. The first kappa shape index (κ1) is 17.8. The predicted molar refractivity (Wildman–Crippen MR) is 83.5 cm³/mol. The maximum absolute atomic E-state index is 6.08. The highest BCUT2D eigenvalue weighted by molar-refractivity contribution is 6.74. The molecule has 0 aromatic carbocycles. The molecule has 0 radical (unpaired) electrons. The van der Waals surface area contributed by atoms with Crippen LogP contribution in [-0.2, 0) is 4.43 Å². The summed E-state index contributed by atoms with van der Waals surface area (Å²) in [6.07, 6.45) is 4.33. The third-order valence-corrected chi connectivity index (χ3v) is 8.27. The van der Waals surface area contributed by atoms with Crippen LogP contribution < -0.4 is 5.73 Å². The van der Waals surface area contributed by atoms with Gasteiger partial charge < -0.3 is 10.2 Å². The van der Waals surface area contributed by atoms with Gasteiger partial charge in [-0.1, -0.05) is 39.8 Å². The molecule has 0 rings (SSSR count). The minimum atomic E-state index is -1.59. The van der Waals surface area contributed by atoms with Crippen molar-refractivity contribution in [1.82, 2.24) is 4.90 Å². The zero-order valence-electron chi connectivity index (χ0n) is 13.1. The van der Waals surface area contributed by atoms with Gasteiger partial charge in [0.25, 0.3) is 0 Å². The molecule has 0 aliphatic rings. The van der Waals surface area contributed by atoms with E-state index in [0.29, 0.717) is 0 Å². The van der Waals surface area contributed by atoms with Gasteiger partial charge in [-0.15, -0.1) is 0 Å². The molecule has 0 aromatic heterocycles. The van der Waals surface area contributed by atoms with E-state index in [2.05, 4.69) is 57.8 Å². The number of rotatable bonds is 8. The summed E-state index contributed by atoms with van der Waals surface area (Å²) in [6.45, 7) is 18.0. The molecule has 0 aliphatic carbocycles. The lowest BCUT2D eigenvalue weighted by Crippen LogP contribution is -2.40. The van der Waals surface area contributed by atoms with E-state index in [0.717, 1.165) is 32.8 Å². The Kier molecular flexibility index (Phi) is 8.02. The van der Waals surface area contributed by atoms with E-state index in [1.54, 1.807) is 0 Å². The van der Waals surface area contributed by atoms with Gasteiger partial charge >= 0.3 is 0 Å². The summed E-state index contributed by atoms with van der Waals surface area (Å²) in [4.78, 5) is 2.32. The molecule has 3 nitrogen and oxygen atoms in total. The molecule has 0 unspecified atom stereocenters. The van der Waals surface area contributed by atoms with Crippen molar-refractivity contribution in [3.8, 4) is 0 Å². The molecule has 0 saturated heterocycles. The maximum atomic E-state index is 6.08. The quantitative estimate of drug-likeness (QED) is 0.545. The third-order valence-electron chi connectivity index (χ3n) is 3.77. The molecule has 0 amide bonds. The second kappa shape index (κ2) is 8.10. The standard InChI is InChI=1S/C14H32N2OSi/c1-7-16(12-10-15)11-8-9-13-17-18(5,6)14(2,3)4/h8-9H,7,10-13,15H2,1-6H3/b9-8+. The zero-order chi connectivity index (χ0) is 14.2.